The number of nitrogens with zero attached hydrogens (tertiary/aromatic N) is 1. The van der Waals surface area contributed by atoms with Crippen molar-refractivity contribution in [1.29, 1.82) is 0 Å². The number of para-hydroxylation sites is 1. The third-order valence-corrected chi connectivity index (χ3v) is 9.83. The fraction of sp³-hybridized carbons (Fsp3) is 0.324. The third-order valence-electron chi connectivity index (χ3n) is 8.11. The highest BCUT2D eigenvalue weighted by Crippen LogP contribution is 2.28. The van der Waals surface area contributed by atoms with Gasteiger partial charge in [-0.3, -0.25) is 14.4 Å². The SMILES string of the molecule is Cc1ccc(S(=O)(=O)n2cccc2[C@@H]2NC(=O)[C@H](Cc3c[nH]c4ccccc34)NC(=O)CCCCNC(=O)C/C=C/[C@@H]2C)cc1. The molecule has 3 atom stereocenters. The summed E-state index contributed by atoms with van der Waals surface area (Å²) in [5, 5.41) is 9.81. The molecule has 11 heteroatoms. The quantitative estimate of drug-likeness (QED) is 0.244. The minimum Gasteiger partial charge on any atom is -0.361 e. The molecule has 0 spiro atoms. The van der Waals surface area contributed by atoms with Crippen molar-refractivity contribution in [3.05, 3.63) is 102 Å². The van der Waals surface area contributed by atoms with Crippen LogP contribution in [0.25, 0.3) is 10.9 Å². The van der Waals surface area contributed by atoms with Gasteiger partial charge in [-0.1, -0.05) is 55.0 Å². The highest BCUT2D eigenvalue weighted by Gasteiger charge is 2.31. The fourth-order valence-electron chi connectivity index (χ4n) is 5.60. The van der Waals surface area contributed by atoms with E-state index in [1.165, 1.54) is 10.2 Å². The van der Waals surface area contributed by atoms with Gasteiger partial charge in [0.15, 0.2) is 0 Å². The highest BCUT2D eigenvalue weighted by molar-refractivity contribution is 7.90. The van der Waals surface area contributed by atoms with Crippen LogP contribution < -0.4 is 16.0 Å². The second-order valence-corrected chi connectivity index (χ2v) is 13.3. The Bertz CT molecular complexity index is 1810. The van der Waals surface area contributed by atoms with Crippen LogP contribution in [0.15, 0.2) is 90.1 Å². The molecule has 0 bridgehead atoms. The molecule has 0 fully saturated rings. The smallest absolute Gasteiger partial charge is 0.267 e. The zero-order valence-corrected chi connectivity index (χ0v) is 26.3. The average molecular weight is 630 g/mol. The largest absolute Gasteiger partial charge is 0.361 e. The number of aromatic nitrogens is 2. The normalized spacial score (nSPS) is 21.6. The molecule has 2 aromatic carbocycles. The van der Waals surface area contributed by atoms with Crippen molar-refractivity contribution in [2.45, 2.75) is 62.9 Å². The summed E-state index contributed by atoms with van der Waals surface area (Å²) in [7, 11) is -4.00. The number of fused-ring (bicyclic) bond motifs is 1. The molecule has 3 heterocycles. The van der Waals surface area contributed by atoms with Gasteiger partial charge in [-0.25, -0.2) is 12.4 Å². The number of rotatable bonds is 5. The Morgan fingerprint density at radius 1 is 0.911 bits per heavy atom. The minimum atomic E-state index is -4.00. The maximum atomic E-state index is 14.1. The van der Waals surface area contributed by atoms with Crippen LogP contribution in [0.2, 0.25) is 0 Å². The Labute approximate surface area is 263 Å². The number of H-pyrrole nitrogens is 1. The average Bonchev–Trinajstić information content (AvgIpc) is 3.67. The van der Waals surface area contributed by atoms with E-state index in [1.54, 1.807) is 48.6 Å². The lowest BCUT2D eigenvalue weighted by atomic mass is 9.96. The van der Waals surface area contributed by atoms with Crippen molar-refractivity contribution in [2.75, 3.05) is 6.54 Å². The van der Waals surface area contributed by atoms with Crippen LogP contribution >= 0.6 is 0 Å². The van der Waals surface area contributed by atoms with Crippen molar-refractivity contribution in [3.8, 4) is 0 Å². The lowest BCUT2D eigenvalue weighted by Crippen LogP contribution is -2.50. The maximum absolute atomic E-state index is 14.1. The summed E-state index contributed by atoms with van der Waals surface area (Å²) in [5.74, 6) is -1.28. The number of hydrogen-bond donors (Lipinski definition) is 4. The van der Waals surface area contributed by atoms with Crippen molar-refractivity contribution >= 4 is 38.6 Å². The van der Waals surface area contributed by atoms with Gasteiger partial charge < -0.3 is 20.9 Å². The van der Waals surface area contributed by atoms with Crippen molar-refractivity contribution in [2.24, 2.45) is 5.92 Å². The Hall–Kier alpha value is -4.64. The molecule has 1 aliphatic heterocycles. The number of nitrogens with one attached hydrogen (secondary N) is 4. The van der Waals surface area contributed by atoms with Crippen molar-refractivity contribution < 1.29 is 22.8 Å². The lowest BCUT2D eigenvalue weighted by Gasteiger charge is -2.28. The molecular formula is C34H39N5O5S. The zero-order valence-electron chi connectivity index (χ0n) is 25.5. The van der Waals surface area contributed by atoms with E-state index in [0.717, 1.165) is 22.0 Å². The number of aromatic amines is 1. The molecule has 45 heavy (non-hydrogen) atoms. The number of benzene rings is 2. The van der Waals surface area contributed by atoms with Crippen LogP contribution in [0.4, 0.5) is 0 Å². The minimum absolute atomic E-state index is 0.120. The van der Waals surface area contributed by atoms with Gasteiger partial charge in [0.2, 0.25) is 17.7 Å². The predicted molar refractivity (Wildman–Crippen MR) is 173 cm³/mol. The van der Waals surface area contributed by atoms with Gasteiger partial charge in [0, 0.05) is 49.1 Å². The number of carbonyl (C=O) groups excluding carboxylic acids is 3. The van der Waals surface area contributed by atoms with E-state index in [-0.39, 0.29) is 36.0 Å². The fourth-order valence-corrected chi connectivity index (χ4v) is 6.99. The molecule has 10 nitrogen and oxygen atoms in total. The van der Waals surface area contributed by atoms with E-state index in [4.69, 9.17) is 0 Å². The first-order chi connectivity index (χ1) is 21.6. The van der Waals surface area contributed by atoms with Gasteiger partial charge in [0.1, 0.15) is 6.04 Å². The molecule has 0 saturated carbocycles. The van der Waals surface area contributed by atoms with E-state index >= 15 is 0 Å². The first kappa shape index (κ1) is 31.8. The molecular weight excluding hydrogens is 590 g/mol. The summed E-state index contributed by atoms with van der Waals surface area (Å²) in [6, 6.07) is 15.9. The Morgan fingerprint density at radius 3 is 2.49 bits per heavy atom. The number of hydrogen-bond acceptors (Lipinski definition) is 5. The molecule has 2 aromatic heterocycles. The second kappa shape index (κ2) is 14.0. The molecule has 4 aromatic rings. The van der Waals surface area contributed by atoms with Gasteiger partial charge in [-0.2, -0.15) is 0 Å². The van der Waals surface area contributed by atoms with Gasteiger partial charge in [-0.15, -0.1) is 0 Å². The summed E-state index contributed by atoms with van der Waals surface area (Å²) in [5.41, 5.74) is 3.07. The monoisotopic (exact) mass is 629 g/mol. The predicted octanol–water partition coefficient (Wildman–Crippen LogP) is 4.28. The first-order valence-electron chi connectivity index (χ1n) is 15.2. The highest BCUT2D eigenvalue weighted by atomic mass is 32.2. The third kappa shape index (κ3) is 7.54. The van der Waals surface area contributed by atoms with E-state index < -0.39 is 33.9 Å². The Balaban J connectivity index is 1.52. The molecule has 3 amide bonds. The maximum Gasteiger partial charge on any atom is 0.267 e. The van der Waals surface area contributed by atoms with E-state index in [9.17, 15) is 22.8 Å². The van der Waals surface area contributed by atoms with E-state index in [0.29, 0.717) is 25.1 Å². The molecule has 236 valence electrons. The molecule has 0 radical (unpaired) electrons. The summed E-state index contributed by atoms with van der Waals surface area (Å²) >= 11 is 0. The molecule has 5 rings (SSSR count). The number of amides is 3. The summed E-state index contributed by atoms with van der Waals surface area (Å²) < 4.78 is 28.8. The molecule has 0 aliphatic carbocycles. The van der Waals surface area contributed by atoms with Crippen molar-refractivity contribution in [1.82, 2.24) is 24.9 Å². The summed E-state index contributed by atoms with van der Waals surface area (Å²) in [6.45, 7) is 4.18. The topological polar surface area (TPSA) is 142 Å². The number of carbonyl (C=O) groups is 3. The zero-order chi connectivity index (χ0) is 32.0. The molecule has 4 N–H and O–H groups in total. The van der Waals surface area contributed by atoms with Crippen LogP contribution in [-0.4, -0.2) is 47.7 Å². The molecule has 0 unspecified atom stereocenters. The molecule has 0 saturated heterocycles. The van der Waals surface area contributed by atoms with Crippen LogP contribution in [0.3, 0.4) is 0 Å². The van der Waals surface area contributed by atoms with Gasteiger partial charge in [0.05, 0.1) is 16.6 Å². The van der Waals surface area contributed by atoms with E-state index in [1.807, 2.05) is 44.3 Å². The van der Waals surface area contributed by atoms with Gasteiger partial charge in [0.25, 0.3) is 10.0 Å². The summed E-state index contributed by atoms with van der Waals surface area (Å²) in [4.78, 5) is 42.9. The standard InChI is InChI=1S/C34H39N5O5S/c1-23-15-17-26(18-16-23)45(43,44)39-20-8-12-30(39)33-24(2)9-7-14-31(40)35-19-6-5-13-32(41)37-29(34(42)38-33)21-25-22-36-28-11-4-3-10-27(25)28/h3-4,7-12,15-18,20,22,24,29,33,36H,5-6,13-14,19,21H2,1-2H3,(H,35,40)(H,37,41)(H,38,42)/b9-7+/t24-,29-,33+/m0/s1. The molecule has 1 aliphatic rings. The van der Waals surface area contributed by atoms with Crippen molar-refractivity contribution in [3.63, 3.8) is 0 Å². The van der Waals surface area contributed by atoms with Gasteiger partial charge in [-0.05, 0) is 61.6 Å². The lowest BCUT2D eigenvalue weighted by molar-refractivity contribution is -0.129. The van der Waals surface area contributed by atoms with Crippen LogP contribution in [0.1, 0.15) is 55.5 Å². The Morgan fingerprint density at radius 2 is 1.69 bits per heavy atom. The second-order valence-electron chi connectivity index (χ2n) is 11.5. The summed E-state index contributed by atoms with van der Waals surface area (Å²) in [6.07, 6.45) is 8.59. The number of aryl methyl sites for hydroxylation is 1. The first-order valence-corrected chi connectivity index (χ1v) is 16.6. The Kier molecular flexibility index (Phi) is 9.87. The van der Waals surface area contributed by atoms with E-state index in [2.05, 4.69) is 20.9 Å². The van der Waals surface area contributed by atoms with Crippen LogP contribution in [0, 0.1) is 12.8 Å². The van der Waals surface area contributed by atoms with Gasteiger partial charge >= 0.3 is 0 Å². The van der Waals surface area contributed by atoms with Crippen LogP contribution in [-0.2, 0) is 30.8 Å². The van der Waals surface area contributed by atoms with Crippen LogP contribution in [0.5, 0.6) is 0 Å².